The first-order chi connectivity index (χ1) is 11.1. The van der Waals surface area contributed by atoms with E-state index in [1.807, 2.05) is 11.8 Å². The number of thiophene rings is 1. The SMILES string of the molecule is CCO[C@@H]1C[C@H](O)C12CCN(C(=O)c1cc3c(s1)CCC3)CC2. The monoisotopic (exact) mass is 335 g/mol. The molecule has 1 spiro atoms. The van der Waals surface area contributed by atoms with Gasteiger partial charge in [-0.3, -0.25) is 4.79 Å². The van der Waals surface area contributed by atoms with Gasteiger partial charge in [0.15, 0.2) is 0 Å². The van der Waals surface area contributed by atoms with Crippen molar-refractivity contribution in [2.24, 2.45) is 5.41 Å². The van der Waals surface area contributed by atoms with Gasteiger partial charge in [-0.15, -0.1) is 11.3 Å². The van der Waals surface area contributed by atoms with E-state index in [9.17, 15) is 9.90 Å². The summed E-state index contributed by atoms with van der Waals surface area (Å²) in [5.41, 5.74) is 1.28. The van der Waals surface area contributed by atoms with E-state index in [0.29, 0.717) is 6.61 Å². The third-order valence-corrected chi connectivity index (χ3v) is 7.27. The Morgan fingerprint density at radius 2 is 2.22 bits per heavy atom. The van der Waals surface area contributed by atoms with Crippen LogP contribution in [0.15, 0.2) is 6.07 Å². The number of ether oxygens (including phenoxy) is 1. The van der Waals surface area contributed by atoms with E-state index in [-0.39, 0.29) is 23.5 Å². The summed E-state index contributed by atoms with van der Waals surface area (Å²) in [6.07, 6.45) is 5.87. The Kier molecular flexibility index (Phi) is 3.98. The molecule has 2 heterocycles. The first-order valence-corrected chi connectivity index (χ1v) is 9.66. The van der Waals surface area contributed by atoms with Gasteiger partial charge < -0.3 is 14.7 Å². The van der Waals surface area contributed by atoms with Gasteiger partial charge in [-0.2, -0.15) is 0 Å². The van der Waals surface area contributed by atoms with Crippen LogP contribution in [0.1, 0.15) is 52.7 Å². The van der Waals surface area contributed by atoms with Gasteiger partial charge in [0.2, 0.25) is 0 Å². The van der Waals surface area contributed by atoms with Crippen molar-refractivity contribution in [3.8, 4) is 0 Å². The van der Waals surface area contributed by atoms with Crippen molar-refractivity contribution in [1.29, 1.82) is 0 Å². The zero-order valence-corrected chi connectivity index (χ0v) is 14.5. The average molecular weight is 335 g/mol. The molecule has 2 fully saturated rings. The highest BCUT2D eigenvalue weighted by Gasteiger charge is 2.56. The maximum atomic E-state index is 12.8. The Morgan fingerprint density at radius 1 is 1.43 bits per heavy atom. The molecule has 23 heavy (non-hydrogen) atoms. The van der Waals surface area contributed by atoms with Gasteiger partial charge in [0, 0.05) is 36.4 Å². The molecule has 1 aliphatic heterocycles. The Labute approximate surface area is 141 Å². The van der Waals surface area contributed by atoms with Crippen LogP contribution in [0.5, 0.6) is 0 Å². The van der Waals surface area contributed by atoms with Gasteiger partial charge in [-0.25, -0.2) is 0 Å². The largest absolute Gasteiger partial charge is 0.392 e. The fourth-order valence-corrected chi connectivity index (χ4v) is 5.75. The predicted molar refractivity (Wildman–Crippen MR) is 90.0 cm³/mol. The molecular formula is C18H25NO3S. The molecule has 0 unspecified atom stereocenters. The van der Waals surface area contributed by atoms with Crippen LogP contribution in [0.25, 0.3) is 0 Å². The van der Waals surface area contributed by atoms with Crippen molar-refractivity contribution in [2.45, 2.75) is 57.7 Å². The number of fused-ring (bicyclic) bond motifs is 1. The summed E-state index contributed by atoms with van der Waals surface area (Å²) in [5, 5.41) is 10.3. The number of hydrogen-bond donors (Lipinski definition) is 1. The maximum Gasteiger partial charge on any atom is 0.263 e. The molecule has 2 aliphatic carbocycles. The van der Waals surface area contributed by atoms with E-state index in [2.05, 4.69) is 6.07 Å². The number of aliphatic hydroxyl groups is 1. The number of carbonyl (C=O) groups excluding carboxylic acids is 1. The first kappa shape index (κ1) is 15.6. The second kappa shape index (κ2) is 5.87. The number of rotatable bonds is 3. The molecule has 0 radical (unpaired) electrons. The van der Waals surface area contributed by atoms with Gasteiger partial charge in [0.05, 0.1) is 17.1 Å². The van der Waals surface area contributed by atoms with Crippen LogP contribution in [-0.2, 0) is 17.6 Å². The molecule has 4 rings (SSSR count). The summed E-state index contributed by atoms with van der Waals surface area (Å²) in [6.45, 7) is 4.18. The highest BCUT2D eigenvalue weighted by Crippen LogP contribution is 2.51. The maximum absolute atomic E-state index is 12.8. The van der Waals surface area contributed by atoms with Crippen molar-refractivity contribution >= 4 is 17.2 Å². The molecule has 3 aliphatic rings. The number of piperidine rings is 1. The van der Waals surface area contributed by atoms with E-state index in [4.69, 9.17) is 4.74 Å². The zero-order chi connectivity index (χ0) is 16.0. The summed E-state index contributed by atoms with van der Waals surface area (Å²) in [7, 11) is 0. The molecule has 1 N–H and O–H groups in total. The van der Waals surface area contributed by atoms with Crippen LogP contribution in [0.2, 0.25) is 0 Å². The minimum absolute atomic E-state index is 0.107. The summed E-state index contributed by atoms with van der Waals surface area (Å²) in [4.78, 5) is 17.0. The number of carbonyl (C=O) groups is 1. The lowest BCUT2D eigenvalue weighted by Crippen LogP contribution is -2.62. The van der Waals surface area contributed by atoms with Crippen LogP contribution in [-0.4, -0.2) is 47.8 Å². The van der Waals surface area contributed by atoms with E-state index < -0.39 is 0 Å². The van der Waals surface area contributed by atoms with E-state index in [1.165, 1.54) is 16.9 Å². The van der Waals surface area contributed by atoms with Crippen molar-refractivity contribution < 1.29 is 14.6 Å². The number of aryl methyl sites for hydroxylation is 2. The minimum Gasteiger partial charge on any atom is -0.392 e. The molecular weight excluding hydrogens is 310 g/mol. The Bertz CT molecular complexity index is 580. The Hall–Kier alpha value is -0.910. The van der Waals surface area contributed by atoms with Gasteiger partial charge in [0.25, 0.3) is 5.91 Å². The summed E-state index contributed by atoms with van der Waals surface area (Å²) in [5.74, 6) is 0.182. The second-order valence-corrected chi connectivity index (χ2v) is 8.27. The quantitative estimate of drug-likeness (QED) is 0.924. The summed E-state index contributed by atoms with van der Waals surface area (Å²) in [6, 6.07) is 2.11. The third-order valence-electron chi connectivity index (χ3n) is 6.05. The fraction of sp³-hybridized carbons (Fsp3) is 0.722. The number of aliphatic hydroxyl groups excluding tert-OH is 1. The summed E-state index contributed by atoms with van der Waals surface area (Å²) < 4.78 is 5.80. The van der Waals surface area contributed by atoms with Crippen LogP contribution < -0.4 is 0 Å². The number of nitrogens with zero attached hydrogens (tertiary/aromatic N) is 1. The molecule has 2 atom stereocenters. The molecule has 1 saturated heterocycles. The molecule has 0 aromatic carbocycles. The highest BCUT2D eigenvalue weighted by molar-refractivity contribution is 7.14. The van der Waals surface area contributed by atoms with E-state index in [0.717, 1.165) is 50.1 Å². The fourth-order valence-electron chi connectivity index (χ4n) is 4.53. The zero-order valence-electron chi connectivity index (χ0n) is 13.7. The molecule has 1 aromatic rings. The van der Waals surface area contributed by atoms with Crippen molar-refractivity contribution in [3.05, 3.63) is 21.4 Å². The standard InChI is InChI=1S/C18H25NO3S/c1-2-22-16-11-15(20)18(16)6-8-19(9-7-18)17(21)14-10-12-4-3-5-13(12)23-14/h10,15-16,20H,2-9,11H2,1H3/t15-,16+/m0/s1. The van der Waals surface area contributed by atoms with Gasteiger partial charge in [-0.05, 0) is 50.7 Å². The van der Waals surface area contributed by atoms with Crippen molar-refractivity contribution in [3.63, 3.8) is 0 Å². The van der Waals surface area contributed by atoms with Crippen LogP contribution in [0, 0.1) is 5.41 Å². The number of hydrogen-bond acceptors (Lipinski definition) is 4. The van der Waals surface area contributed by atoms with Gasteiger partial charge >= 0.3 is 0 Å². The number of likely N-dealkylation sites (tertiary alicyclic amines) is 1. The lowest BCUT2D eigenvalue weighted by atomic mass is 9.58. The Morgan fingerprint density at radius 3 is 2.87 bits per heavy atom. The topological polar surface area (TPSA) is 49.8 Å². The molecule has 0 bridgehead atoms. The van der Waals surface area contributed by atoms with Crippen LogP contribution >= 0.6 is 11.3 Å². The summed E-state index contributed by atoms with van der Waals surface area (Å²) >= 11 is 1.69. The minimum atomic E-state index is -0.262. The molecule has 1 saturated carbocycles. The molecule has 1 aromatic heterocycles. The Balaban J connectivity index is 1.42. The van der Waals surface area contributed by atoms with Crippen molar-refractivity contribution in [2.75, 3.05) is 19.7 Å². The lowest BCUT2D eigenvalue weighted by molar-refractivity contribution is -0.207. The van der Waals surface area contributed by atoms with E-state index in [1.54, 1.807) is 11.3 Å². The smallest absolute Gasteiger partial charge is 0.263 e. The van der Waals surface area contributed by atoms with E-state index >= 15 is 0 Å². The second-order valence-electron chi connectivity index (χ2n) is 7.13. The normalized spacial score (nSPS) is 28.7. The molecule has 4 nitrogen and oxygen atoms in total. The van der Waals surface area contributed by atoms with Crippen LogP contribution in [0.3, 0.4) is 0 Å². The van der Waals surface area contributed by atoms with Gasteiger partial charge in [0.1, 0.15) is 0 Å². The lowest BCUT2D eigenvalue weighted by Gasteiger charge is -2.56. The predicted octanol–water partition coefficient (Wildman–Crippen LogP) is 2.63. The average Bonchev–Trinajstić information content (AvgIpc) is 3.16. The molecule has 126 valence electrons. The first-order valence-electron chi connectivity index (χ1n) is 8.84. The van der Waals surface area contributed by atoms with Crippen molar-refractivity contribution in [1.82, 2.24) is 4.90 Å². The molecule has 5 heteroatoms. The molecule has 1 amide bonds. The third kappa shape index (κ3) is 2.44. The highest BCUT2D eigenvalue weighted by atomic mass is 32.1. The van der Waals surface area contributed by atoms with Crippen LogP contribution in [0.4, 0.5) is 0 Å². The number of amides is 1. The van der Waals surface area contributed by atoms with Gasteiger partial charge in [-0.1, -0.05) is 0 Å².